The average molecular weight is 525 g/mol. The third kappa shape index (κ3) is 7.44. The second-order valence-electron chi connectivity index (χ2n) is 11.8. The number of rotatable bonds is 10. The Morgan fingerprint density at radius 3 is 2.45 bits per heavy atom. The van der Waals surface area contributed by atoms with E-state index in [4.69, 9.17) is 19.4 Å². The summed E-state index contributed by atoms with van der Waals surface area (Å²) in [7, 11) is 8.45. The summed E-state index contributed by atoms with van der Waals surface area (Å²) in [5.74, 6) is 0.739. The minimum atomic E-state index is 0.168. The van der Waals surface area contributed by atoms with Crippen LogP contribution in [0, 0.1) is 0 Å². The van der Waals surface area contributed by atoms with Crippen molar-refractivity contribution in [3.05, 3.63) is 47.5 Å². The zero-order chi connectivity index (χ0) is 27.2. The normalized spacial score (nSPS) is 21.5. The van der Waals surface area contributed by atoms with Gasteiger partial charge in [0, 0.05) is 50.0 Å². The Hall–Kier alpha value is -2.26. The van der Waals surface area contributed by atoms with Crippen LogP contribution in [0.25, 0.3) is 0 Å². The maximum absolute atomic E-state index is 6.25. The van der Waals surface area contributed by atoms with Crippen LogP contribution in [0.1, 0.15) is 56.1 Å². The van der Waals surface area contributed by atoms with Gasteiger partial charge in [-0.2, -0.15) is 0 Å². The van der Waals surface area contributed by atoms with Crippen molar-refractivity contribution in [1.29, 1.82) is 0 Å². The Labute approximate surface area is 229 Å². The highest BCUT2D eigenvalue weighted by molar-refractivity contribution is 5.52. The molecule has 0 aliphatic carbocycles. The first-order valence-electron chi connectivity index (χ1n) is 14.2. The van der Waals surface area contributed by atoms with E-state index in [1.807, 2.05) is 6.20 Å². The molecule has 38 heavy (non-hydrogen) atoms. The maximum atomic E-state index is 6.25. The second kappa shape index (κ2) is 13.2. The molecule has 0 N–H and O–H groups in total. The van der Waals surface area contributed by atoms with Crippen LogP contribution in [0.5, 0.6) is 0 Å². The molecule has 2 aromatic heterocycles. The van der Waals surface area contributed by atoms with Gasteiger partial charge in [-0.25, -0.2) is 0 Å². The quantitative estimate of drug-likeness (QED) is 0.465. The summed E-state index contributed by atoms with van der Waals surface area (Å²) in [6.07, 6.45) is 3.16. The van der Waals surface area contributed by atoms with E-state index in [0.717, 1.165) is 76.0 Å². The van der Waals surface area contributed by atoms with Crippen molar-refractivity contribution in [3.63, 3.8) is 0 Å². The monoisotopic (exact) mass is 524 g/mol. The summed E-state index contributed by atoms with van der Waals surface area (Å²) in [6, 6.07) is 9.24. The van der Waals surface area contributed by atoms with Crippen molar-refractivity contribution in [1.82, 2.24) is 19.8 Å². The largest absolute Gasteiger partial charge is 0.377 e. The van der Waals surface area contributed by atoms with Gasteiger partial charge in [0.15, 0.2) is 0 Å². The first-order chi connectivity index (χ1) is 18.2. The van der Waals surface area contributed by atoms with Crippen LogP contribution in [0.15, 0.2) is 30.5 Å². The van der Waals surface area contributed by atoms with Crippen LogP contribution < -0.4 is 9.80 Å². The average Bonchev–Trinajstić information content (AvgIpc) is 2.88. The molecule has 4 heterocycles. The third-order valence-corrected chi connectivity index (χ3v) is 7.54. The summed E-state index contributed by atoms with van der Waals surface area (Å²) < 4.78 is 12.0. The third-order valence-electron chi connectivity index (χ3n) is 7.54. The van der Waals surface area contributed by atoms with Crippen molar-refractivity contribution in [2.75, 3.05) is 84.0 Å². The number of likely N-dealkylation sites (N-methyl/N-ethyl adjacent to an activating group) is 1. The molecule has 0 amide bonds. The number of ether oxygens (including phenoxy) is 2. The van der Waals surface area contributed by atoms with Crippen LogP contribution in [-0.2, 0) is 16.0 Å². The van der Waals surface area contributed by atoms with E-state index in [-0.39, 0.29) is 6.10 Å². The van der Waals surface area contributed by atoms with E-state index in [1.165, 1.54) is 11.4 Å². The molecule has 0 saturated carbocycles. The first kappa shape index (κ1) is 28.7. The molecule has 2 aromatic rings. The lowest BCUT2D eigenvalue weighted by molar-refractivity contribution is 0.0313. The predicted molar refractivity (Wildman–Crippen MR) is 155 cm³/mol. The van der Waals surface area contributed by atoms with Gasteiger partial charge in [0.05, 0.1) is 55.2 Å². The van der Waals surface area contributed by atoms with Gasteiger partial charge in [0.2, 0.25) is 0 Å². The first-order valence-corrected chi connectivity index (χ1v) is 14.2. The van der Waals surface area contributed by atoms with E-state index in [1.54, 1.807) is 0 Å². The minimum absolute atomic E-state index is 0.168. The lowest BCUT2D eigenvalue weighted by Gasteiger charge is -2.38. The Kier molecular flexibility index (Phi) is 9.98. The van der Waals surface area contributed by atoms with Gasteiger partial charge < -0.3 is 29.1 Å². The predicted octanol–water partition coefficient (Wildman–Crippen LogP) is 3.83. The lowest BCUT2D eigenvalue weighted by Crippen LogP contribution is -2.50. The standard InChI is InChI=1S/C30H48N6O2/c1-22(2)27-10-11-30(29(32-27)20-34(6)7)35-12-15-38-26(19-35)16-23(3)28-9-8-24(17-31-28)36-13-14-37-21-25(36)18-33(4)5/h8-11,17,22-23,25-26H,12-16,18-21H2,1-7H3/t23?,25-,26?/m1/s1. The molecule has 0 radical (unpaired) electrons. The van der Waals surface area contributed by atoms with Gasteiger partial charge in [-0.05, 0) is 64.8 Å². The second-order valence-corrected chi connectivity index (χ2v) is 11.8. The lowest BCUT2D eigenvalue weighted by atomic mass is 9.98. The molecule has 2 aliphatic rings. The Morgan fingerprint density at radius 1 is 0.974 bits per heavy atom. The molecule has 2 unspecified atom stereocenters. The van der Waals surface area contributed by atoms with E-state index < -0.39 is 0 Å². The molecule has 3 atom stereocenters. The van der Waals surface area contributed by atoms with Crippen LogP contribution >= 0.6 is 0 Å². The van der Waals surface area contributed by atoms with Gasteiger partial charge in [0.25, 0.3) is 0 Å². The highest BCUT2D eigenvalue weighted by Gasteiger charge is 2.27. The fraction of sp³-hybridized carbons (Fsp3) is 0.667. The topological polar surface area (TPSA) is 57.2 Å². The molecular formula is C30H48N6O2. The molecule has 2 saturated heterocycles. The van der Waals surface area contributed by atoms with Crippen LogP contribution in [0.2, 0.25) is 0 Å². The highest BCUT2D eigenvalue weighted by Crippen LogP contribution is 2.29. The number of nitrogens with zero attached hydrogens (tertiary/aromatic N) is 6. The van der Waals surface area contributed by atoms with Crippen LogP contribution in [-0.4, -0.2) is 106 Å². The molecule has 0 bridgehead atoms. The Morgan fingerprint density at radius 2 is 1.76 bits per heavy atom. The van der Waals surface area contributed by atoms with E-state index in [0.29, 0.717) is 17.9 Å². The number of hydrogen-bond donors (Lipinski definition) is 0. The molecule has 8 nitrogen and oxygen atoms in total. The Balaban J connectivity index is 1.41. The number of hydrogen-bond acceptors (Lipinski definition) is 8. The molecule has 0 spiro atoms. The Bertz CT molecular complexity index is 1010. The van der Waals surface area contributed by atoms with Crippen molar-refractivity contribution >= 4 is 11.4 Å². The summed E-state index contributed by atoms with van der Waals surface area (Å²) in [4.78, 5) is 19.3. The fourth-order valence-corrected chi connectivity index (χ4v) is 5.56. The van der Waals surface area contributed by atoms with Gasteiger partial charge in [0.1, 0.15) is 0 Å². The van der Waals surface area contributed by atoms with E-state index in [9.17, 15) is 0 Å². The molecule has 210 valence electrons. The van der Waals surface area contributed by atoms with Crippen molar-refractivity contribution in [2.45, 2.75) is 57.7 Å². The zero-order valence-electron chi connectivity index (χ0n) is 24.6. The van der Waals surface area contributed by atoms with Gasteiger partial charge >= 0.3 is 0 Å². The molecule has 4 rings (SSSR count). The summed E-state index contributed by atoms with van der Waals surface area (Å²) in [5.41, 5.74) is 5.86. The summed E-state index contributed by atoms with van der Waals surface area (Å²) >= 11 is 0. The van der Waals surface area contributed by atoms with Crippen molar-refractivity contribution in [2.24, 2.45) is 0 Å². The molecular weight excluding hydrogens is 476 g/mol. The minimum Gasteiger partial charge on any atom is -0.377 e. The number of morpholine rings is 2. The van der Waals surface area contributed by atoms with Crippen molar-refractivity contribution < 1.29 is 9.47 Å². The van der Waals surface area contributed by atoms with Crippen LogP contribution in [0.4, 0.5) is 11.4 Å². The molecule has 0 aromatic carbocycles. The van der Waals surface area contributed by atoms with E-state index in [2.05, 4.69) is 92.8 Å². The summed E-state index contributed by atoms with van der Waals surface area (Å²) in [6.45, 7) is 13.4. The van der Waals surface area contributed by atoms with Crippen LogP contribution in [0.3, 0.4) is 0 Å². The van der Waals surface area contributed by atoms with Crippen molar-refractivity contribution in [3.8, 4) is 0 Å². The number of anilines is 2. The van der Waals surface area contributed by atoms with Gasteiger partial charge in [-0.15, -0.1) is 0 Å². The fourth-order valence-electron chi connectivity index (χ4n) is 5.56. The molecule has 2 aliphatic heterocycles. The molecule has 8 heteroatoms. The number of pyridine rings is 2. The van der Waals surface area contributed by atoms with Gasteiger partial charge in [-0.3, -0.25) is 9.97 Å². The zero-order valence-corrected chi connectivity index (χ0v) is 24.6. The van der Waals surface area contributed by atoms with Gasteiger partial charge in [-0.1, -0.05) is 20.8 Å². The smallest absolute Gasteiger partial charge is 0.0780 e. The highest BCUT2D eigenvalue weighted by atomic mass is 16.5. The number of aromatic nitrogens is 2. The summed E-state index contributed by atoms with van der Waals surface area (Å²) in [5, 5.41) is 0. The maximum Gasteiger partial charge on any atom is 0.0780 e. The van der Waals surface area contributed by atoms with E-state index >= 15 is 0 Å². The SMILES string of the molecule is CC(C)c1ccc(N2CCOC(CC(C)c3ccc(N4CCOC[C@H]4CN(C)C)cn3)C2)c(CN(C)C)n1. The molecule has 2 fully saturated rings.